The largest absolute Gasteiger partial charge is 0.497 e. The van der Waals surface area contributed by atoms with Gasteiger partial charge in [-0.2, -0.15) is 0 Å². The molecule has 1 aromatic rings. The second-order valence-electron chi connectivity index (χ2n) is 5.05. The zero-order chi connectivity index (χ0) is 15.1. The van der Waals surface area contributed by atoms with E-state index in [2.05, 4.69) is 0 Å². The van der Waals surface area contributed by atoms with Crippen LogP contribution in [0.15, 0.2) is 24.3 Å². The summed E-state index contributed by atoms with van der Waals surface area (Å²) in [5.41, 5.74) is 5.83. The van der Waals surface area contributed by atoms with Crippen LogP contribution in [0.1, 0.15) is 13.8 Å². The molecule has 0 spiro atoms. The number of amides is 1. The summed E-state index contributed by atoms with van der Waals surface area (Å²) in [4.78, 5) is 13.5. The van der Waals surface area contributed by atoms with E-state index in [-0.39, 0.29) is 11.8 Å². The molecule has 0 aromatic heterocycles. The Kier molecular flexibility index (Phi) is 6.31. The van der Waals surface area contributed by atoms with Gasteiger partial charge in [0, 0.05) is 7.05 Å². The Hall–Kier alpha value is -1.75. The Morgan fingerprint density at radius 2 is 1.80 bits per heavy atom. The fourth-order valence-electron chi connectivity index (χ4n) is 1.62. The lowest BCUT2D eigenvalue weighted by Crippen LogP contribution is -2.46. The highest BCUT2D eigenvalue weighted by atomic mass is 16.5. The first-order valence-corrected chi connectivity index (χ1v) is 6.73. The van der Waals surface area contributed by atoms with Crippen molar-refractivity contribution in [3.63, 3.8) is 0 Å². The number of likely N-dealkylation sites (N-methyl/N-ethyl adjacent to an activating group) is 1. The molecule has 112 valence electrons. The van der Waals surface area contributed by atoms with Crippen LogP contribution in [0.4, 0.5) is 0 Å². The number of nitrogens with zero attached hydrogens (tertiary/aromatic N) is 1. The maximum Gasteiger partial charge on any atom is 0.239 e. The average Bonchev–Trinajstić information content (AvgIpc) is 2.46. The van der Waals surface area contributed by atoms with Crippen molar-refractivity contribution < 1.29 is 14.3 Å². The van der Waals surface area contributed by atoms with E-state index in [4.69, 9.17) is 15.2 Å². The van der Waals surface area contributed by atoms with Crippen LogP contribution in [-0.2, 0) is 4.79 Å². The maximum atomic E-state index is 11.9. The zero-order valence-electron chi connectivity index (χ0n) is 12.6. The molecule has 0 aliphatic rings. The predicted molar refractivity (Wildman–Crippen MR) is 78.9 cm³/mol. The maximum absolute atomic E-state index is 11.9. The third kappa shape index (κ3) is 4.74. The number of rotatable bonds is 7. The quantitative estimate of drug-likeness (QED) is 0.822. The fourth-order valence-corrected chi connectivity index (χ4v) is 1.62. The van der Waals surface area contributed by atoms with Crippen molar-refractivity contribution in [1.82, 2.24) is 4.90 Å². The molecule has 0 fully saturated rings. The SMILES string of the molecule is COc1ccc(OCCN(C)C(=O)[C@H](N)C(C)C)cc1. The van der Waals surface area contributed by atoms with Crippen LogP contribution < -0.4 is 15.2 Å². The van der Waals surface area contributed by atoms with Crippen LogP contribution in [0.25, 0.3) is 0 Å². The zero-order valence-corrected chi connectivity index (χ0v) is 12.6. The van der Waals surface area contributed by atoms with E-state index in [1.807, 2.05) is 38.1 Å². The molecule has 0 heterocycles. The number of methoxy groups -OCH3 is 1. The Morgan fingerprint density at radius 1 is 1.25 bits per heavy atom. The first-order valence-electron chi connectivity index (χ1n) is 6.73. The number of carbonyl (C=O) groups excluding carboxylic acids is 1. The lowest BCUT2D eigenvalue weighted by atomic mass is 10.0. The average molecular weight is 280 g/mol. The van der Waals surface area contributed by atoms with Gasteiger partial charge in [-0.15, -0.1) is 0 Å². The van der Waals surface area contributed by atoms with E-state index in [1.165, 1.54) is 0 Å². The topological polar surface area (TPSA) is 64.8 Å². The summed E-state index contributed by atoms with van der Waals surface area (Å²) in [6.45, 7) is 4.80. The Bertz CT molecular complexity index is 418. The summed E-state index contributed by atoms with van der Waals surface area (Å²) in [5.74, 6) is 1.61. The number of hydrogen-bond acceptors (Lipinski definition) is 4. The normalized spacial score (nSPS) is 12.1. The minimum absolute atomic E-state index is 0.0571. The molecule has 1 amide bonds. The highest BCUT2D eigenvalue weighted by Crippen LogP contribution is 2.16. The molecule has 0 unspecified atom stereocenters. The Morgan fingerprint density at radius 3 is 2.30 bits per heavy atom. The van der Waals surface area contributed by atoms with Gasteiger partial charge in [-0.25, -0.2) is 0 Å². The number of ether oxygens (including phenoxy) is 2. The van der Waals surface area contributed by atoms with Crippen molar-refractivity contribution in [2.24, 2.45) is 11.7 Å². The third-order valence-electron chi connectivity index (χ3n) is 3.13. The minimum Gasteiger partial charge on any atom is -0.497 e. The van der Waals surface area contributed by atoms with Crippen molar-refractivity contribution in [1.29, 1.82) is 0 Å². The van der Waals surface area contributed by atoms with Gasteiger partial charge < -0.3 is 20.1 Å². The van der Waals surface area contributed by atoms with Gasteiger partial charge in [-0.3, -0.25) is 4.79 Å². The molecule has 0 aliphatic carbocycles. The summed E-state index contributed by atoms with van der Waals surface area (Å²) in [6, 6.07) is 6.87. The van der Waals surface area contributed by atoms with Gasteiger partial charge in [0.2, 0.25) is 5.91 Å². The molecule has 1 atom stereocenters. The summed E-state index contributed by atoms with van der Waals surface area (Å²) in [6.07, 6.45) is 0. The molecule has 0 saturated carbocycles. The molecule has 20 heavy (non-hydrogen) atoms. The first-order chi connectivity index (χ1) is 9.45. The molecule has 1 rings (SSSR count). The van der Waals surface area contributed by atoms with Crippen LogP contribution in [0.3, 0.4) is 0 Å². The highest BCUT2D eigenvalue weighted by Gasteiger charge is 2.20. The highest BCUT2D eigenvalue weighted by molar-refractivity contribution is 5.81. The van der Waals surface area contributed by atoms with Crippen molar-refractivity contribution in [3.05, 3.63) is 24.3 Å². The van der Waals surface area contributed by atoms with Crippen molar-refractivity contribution in [3.8, 4) is 11.5 Å². The lowest BCUT2D eigenvalue weighted by molar-refractivity contribution is -0.132. The summed E-state index contributed by atoms with van der Waals surface area (Å²) < 4.78 is 10.6. The van der Waals surface area contributed by atoms with Crippen LogP contribution in [0.2, 0.25) is 0 Å². The van der Waals surface area contributed by atoms with Gasteiger partial charge >= 0.3 is 0 Å². The van der Waals surface area contributed by atoms with Crippen molar-refractivity contribution in [2.45, 2.75) is 19.9 Å². The molecule has 1 aromatic carbocycles. The molecular weight excluding hydrogens is 256 g/mol. The standard InChI is InChI=1S/C15H24N2O3/c1-11(2)14(16)15(18)17(3)9-10-20-13-7-5-12(19-4)6-8-13/h5-8,11,14H,9-10,16H2,1-4H3/t14-/m1/s1. The van der Waals surface area contributed by atoms with E-state index >= 15 is 0 Å². The Balaban J connectivity index is 2.37. The minimum atomic E-state index is -0.457. The number of benzene rings is 1. The van der Waals surface area contributed by atoms with E-state index < -0.39 is 6.04 Å². The fraction of sp³-hybridized carbons (Fsp3) is 0.533. The van der Waals surface area contributed by atoms with Gasteiger partial charge in [0.1, 0.15) is 18.1 Å². The van der Waals surface area contributed by atoms with Crippen molar-refractivity contribution in [2.75, 3.05) is 27.3 Å². The van der Waals surface area contributed by atoms with Gasteiger partial charge in [-0.1, -0.05) is 13.8 Å². The summed E-state index contributed by atoms with van der Waals surface area (Å²) >= 11 is 0. The predicted octanol–water partition coefficient (Wildman–Crippen LogP) is 1.52. The lowest BCUT2D eigenvalue weighted by Gasteiger charge is -2.23. The van der Waals surface area contributed by atoms with E-state index in [0.29, 0.717) is 13.2 Å². The number of hydrogen-bond donors (Lipinski definition) is 1. The molecule has 0 radical (unpaired) electrons. The molecule has 0 bridgehead atoms. The van der Waals surface area contributed by atoms with Gasteiger partial charge in [0.15, 0.2) is 0 Å². The van der Waals surface area contributed by atoms with Crippen LogP contribution in [-0.4, -0.2) is 44.2 Å². The van der Waals surface area contributed by atoms with Crippen molar-refractivity contribution >= 4 is 5.91 Å². The van der Waals surface area contributed by atoms with Crippen LogP contribution in [0, 0.1) is 5.92 Å². The molecular formula is C15H24N2O3. The van der Waals surface area contributed by atoms with Gasteiger partial charge in [-0.05, 0) is 30.2 Å². The van der Waals surface area contributed by atoms with Gasteiger partial charge in [0.25, 0.3) is 0 Å². The number of nitrogens with two attached hydrogens (primary N) is 1. The van der Waals surface area contributed by atoms with E-state index in [9.17, 15) is 4.79 Å². The third-order valence-corrected chi connectivity index (χ3v) is 3.13. The molecule has 0 aliphatic heterocycles. The molecule has 2 N–H and O–H groups in total. The summed E-state index contributed by atoms with van der Waals surface area (Å²) in [7, 11) is 3.36. The smallest absolute Gasteiger partial charge is 0.239 e. The Labute approximate surface area is 120 Å². The molecule has 5 heteroatoms. The van der Waals surface area contributed by atoms with E-state index in [1.54, 1.807) is 19.1 Å². The van der Waals surface area contributed by atoms with Gasteiger partial charge in [0.05, 0.1) is 19.7 Å². The first kappa shape index (κ1) is 16.3. The molecule has 0 saturated heterocycles. The molecule has 5 nitrogen and oxygen atoms in total. The van der Waals surface area contributed by atoms with E-state index in [0.717, 1.165) is 11.5 Å². The second kappa shape index (κ2) is 7.75. The van der Waals surface area contributed by atoms with Crippen LogP contribution in [0.5, 0.6) is 11.5 Å². The number of carbonyl (C=O) groups is 1. The summed E-state index contributed by atoms with van der Waals surface area (Å²) in [5, 5.41) is 0. The monoisotopic (exact) mass is 280 g/mol. The second-order valence-corrected chi connectivity index (χ2v) is 5.05. The van der Waals surface area contributed by atoms with Crippen LogP contribution >= 0.6 is 0 Å².